The van der Waals surface area contributed by atoms with Gasteiger partial charge in [0.25, 0.3) is 0 Å². The molecule has 0 aromatic carbocycles. The summed E-state index contributed by atoms with van der Waals surface area (Å²) >= 11 is 1.52. The minimum Gasteiger partial charge on any atom is -0.510 e. The lowest BCUT2D eigenvalue weighted by atomic mass is 10.2. The molecule has 1 atom stereocenters. The Morgan fingerprint density at radius 3 is 3.20 bits per heavy atom. The highest BCUT2D eigenvalue weighted by Gasteiger charge is 2.38. The van der Waals surface area contributed by atoms with E-state index in [1.807, 2.05) is 0 Å². The van der Waals surface area contributed by atoms with E-state index in [0.717, 1.165) is 0 Å². The second-order valence-corrected chi connectivity index (χ2v) is 3.48. The number of carbonyl (C=O) groups excluding carboxylic acids is 1. The van der Waals surface area contributed by atoms with Gasteiger partial charge >= 0.3 is 0 Å². The third-order valence-corrected chi connectivity index (χ3v) is 2.85. The van der Waals surface area contributed by atoms with Gasteiger partial charge in [-0.2, -0.15) is 0 Å². The Morgan fingerprint density at radius 1 is 1.80 bits per heavy atom. The van der Waals surface area contributed by atoms with Crippen molar-refractivity contribution in [1.82, 2.24) is 4.90 Å². The highest BCUT2D eigenvalue weighted by molar-refractivity contribution is 8.02. The van der Waals surface area contributed by atoms with E-state index in [9.17, 15) is 4.79 Å². The van der Waals surface area contributed by atoms with Crippen LogP contribution in [0.25, 0.3) is 0 Å². The minimum absolute atomic E-state index is 0.150. The van der Waals surface area contributed by atoms with Crippen molar-refractivity contribution in [2.24, 2.45) is 0 Å². The maximum atomic E-state index is 10.8. The van der Waals surface area contributed by atoms with Crippen LogP contribution in [-0.2, 0) is 4.79 Å². The van der Waals surface area contributed by atoms with Gasteiger partial charge in [-0.25, -0.2) is 0 Å². The van der Waals surface area contributed by atoms with E-state index >= 15 is 0 Å². The summed E-state index contributed by atoms with van der Waals surface area (Å²) in [6, 6.07) is 0. The summed E-state index contributed by atoms with van der Waals surface area (Å²) in [6.07, 6.45) is 0.633. The molecule has 1 N–H and O–H groups in total. The first-order chi connectivity index (χ1) is 4.77. The smallest absolute Gasteiger partial charge is 0.226 e. The first-order valence-electron chi connectivity index (χ1n) is 3.10. The number of carbonyl (C=O) groups is 1. The zero-order valence-corrected chi connectivity index (χ0v) is 6.10. The number of hydrogen-bond donors (Lipinski definition) is 1. The SMILES string of the molecule is O=C1C[C@H]2SC=C(O)CN12. The molecular weight excluding hydrogens is 150 g/mol. The van der Waals surface area contributed by atoms with Gasteiger partial charge in [0.2, 0.25) is 5.91 Å². The number of nitrogens with zero attached hydrogens (tertiary/aromatic N) is 1. The second-order valence-electron chi connectivity index (χ2n) is 2.43. The molecule has 4 heteroatoms. The van der Waals surface area contributed by atoms with E-state index in [2.05, 4.69) is 0 Å². The molecule has 1 saturated heterocycles. The molecule has 0 spiro atoms. The number of hydrogen-bond acceptors (Lipinski definition) is 3. The summed E-state index contributed by atoms with van der Waals surface area (Å²) in [7, 11) is 0. The number of amides is 1. The van der Waals surface area contributed by atoms with Gasteiger partial charge in [0, 0.05) is 5.41 Å². The van der Waals surface area contributed by atoms with E-state index in [0.29, 0.717) is 24.1 Å². The molecule has 2 aliphatic rings. The average molecular weight is 157 g/mol. The highest BCUT2D eigenvalue weighted by Crippen LogP contribution is 2.34. The van der Waals surface area contributed by atoms with E-state index in [-0.39, 0.29) is 5.91 Å². The van der Waals surface area contributed by atoms with Crippen LogP contribution in [-0.4, -0.2) is 27.8 Å². The van der Waals surface area contributed by atoms with E-state index in [1.165, 1.54) is 11.8 Å². The Morgan fingerprint density at radius 2 is 2.60 bits per heavy atom. The zero-order valence-electron chi connectivity index (χ0n) is 5.28. The zero-order chi connectivity index (χ0) is 7.14. The van der Waals surface area contributed by atoms with E-state index in [1.54, 1.807) is 10.3 Å². The number of aliphatic hydroxyl groups is 1. The molecule has 0 aliphatic carbocycles. The van der Waals surface area contributed by atoms with Gasteiger partial charge < -0.3 is 10.0 Å². The molecular formula is C6H7NO2S. The highest BCUT2D eigenvalue weighted by atomic mass is 32.2. The number of fused-ring (bicyclic) bond motifs is 1. The van der Waals surface area contributed by atoms with Crippen LogP contribution >= 0.6 is 11.8 Å². The van der Waals surface area contributed by atoms with Crippen molar-refractivity contribution >= 4 is 17.7 Å². The molecule has 3 nitrogen and oxygen atoms in total. The largest absolute Gasteiger partial charge is 0.510 e. The predicted octanol–water partition coefficient (Wildman–Crippen LogP) is 0.691. The molecule has 0 unspecified atom stereocenters. The molecule has 1 amide bonds. The first kappa shape index (κ1) is 6.09. The molecule has 0 radical (unpaired) electrons. The molecule has 0 saturated carbocycles. The third-order valence-electron chi connectivity index (χ3n) is 1.71. The summed E-state index contributed by atoms with van der Waals surface area (Å²) in [5.74, 6) is 0.450. The molecule has 0 aromatic rings. The van der Waals surface area contributed by atoms with Crippen molar-refractivity contribution in [3.63, 3.8) is 0 Å². The van der Waals surface area contributed by atoms with Gasteiger partial charge in [0.1, 0.15) is 5.76 Å². The molecule has 0 bridgehead atoms. The van der Waals surface area contributed by atoms with E-state index < -0.39 is 0 Å². The molecule has 54 valence electrons. The maximum Gasteiger partial charge on any atom is 0.226 e. The van der Waals surface area contributed by atoms with Crippen LogP contribution < -0.4 is 0 Å². The summed E-state index contributed by atoms with van der Waals surface area (Å²) in [5.41, 5.74) is 0. The normalized spacial score (nSPS) is 30.8. The Labute approximate surface area is 62.7 Å². The topological polar surface area (TPSA) is 40.5 Å². The Kier molecular flexibility index (Phi) is 1.17. The van der Waals surface area contributed by atoms with Gasteiger partial charge in [0.05, 0.1) is 18.3 Å². The molecule has 2 aliphatic heterocycles. The molecule has 10 heavy (non-hydrogen) atoms. The van der Waals surface area contributed by atoms with E-state index in [4.69, 9.17) is 5.11 Å². The molecule has 2 rings (SSSR count). The van der Waals surface area contributed by atoms with Crippen molar-refractivity contribution < 1.29 is 9.90 Å². The van der Waals surface area contributed by atoms with Crippen molar-refractivity contribution in [1.29, 1.82) is 0 Å². The quantitative estimate of drug-likeness (QED) is 0.526. The van der Waals surface area contributed by atoms with Gasteiger partial charge in [-0.05, 0) is 0 Å². The van der Waals surface area contributed by atoms with Crippen LogP contribution in [0.1, 0.15) is 6.42 Å². The van der Waals surface area contributed by atoms with Crippen LogP contribution in [0.4, 0.5) is 0 Å². The Hall–Kier alpha value is -0.640. The number of thioether (sulfide) groups is 1. The van der Waals surface area contributed by atoms with Crippen molar-refractivity contribution in [2.45, 2.75) is 11.8 Å². The molecule has 2 heterocycles. The fourth-order valence-electron chi connectivity index (χ4n) is 1.11. The van der Waals surface area contributed by atoms with Crippen LogP contribution in [0.2, 0.25) is 0 Å². The monoisotopic (exact) mass is 157 g/mol. The standard InChI is InChI=1S/C6H7NO2S/c8-4-2-7-5(9)1-6(7)10-3-4/h3,6,8H,1-2H2/t6-/m1/s1. The van der Waals surface area contributed by atoms with Gasteiger partial charge in [0.15, 0.2) is 0 Å². The van der Waals surface area contributed by atoms with Crippen molar-refractivity contribution in [3.8, 4) is 0 Å². The second kappa shape index (κ2) is 1.92. The maximum absolute atomic E-state index is 10.8. The predicted molar refractivity (Wildman–Crippen MR) is 38.4 cm³/mol. The fourth-order valence-corrected chi connectivity index (χ4v) is 2.07. The van der Waals surface area contributed by atoms with Crippen LogP contribution in [0.15, 0.2) is 11.2 Å². The van der Waals surface area contributed by atoms with Gasteiger partial charge in [-0.15, -0.1) is 11.8 Å². The first-order valence-corrected chi connectivity index (χ1v) is 4.04. The number of aliphatic hydroxyl groups excluding tert-OH is 1. The number of β-lactam (4-membered cyclic amide) rings is 1. The third kappa shape index (κ3) is 0.718. The number of rotatable bonds is 0. The van der Waals surface area contributed by atoms with Crippen LogP contribution in [0.5, 0.6) is 0 Å². The Bertz CT molecular complexity index is 214. The van der Waals surface area contributed by atoms with Crippen molar-refractivity contribution in [2.75, 3.05) is 6.54 Å². The summed E-state index contributed by atoms with van der Waals surface area (Å²) in [4.78, 5) is 12.5. The minimum atomic E-state index is 0.150. The summed E-state index contributed by atoms with van der Waals surface area (Å²) in [6.45, 7) is 0.413. The van der Waals surface area contributed by atoms with Crippen LogP contribution in [0, 0.1) is 0 Å². The van der Waals surface area contributed by atoms with Gasteiger partial charge in [-0.3, -0.25) is 4.79 Å². The lowest BCUT2D eigenvalue weighted by Gasteiger charge is -2.41. The average Bonchev–Trinajstić information content (AvgIpc) is 1.92. The van der Waals surface area contributed by atoms with Gasteiger partial charge in [-0.1, -0.05) is 0 Å². The molecule has 1 fully saturated rings. The molecule has 0 aromatic heterocycles. The summed E-state index contributed by atoms with van der Waals surface area (Å²) in [5, 5.41) is 11.0. The van der Waals surface area contributed by atoms with Crippen molar-refractivity contribution in [3.05, 3.63) is 11.2 Å². The Balaban J connectivity index is 2.13. The lowest BCUT2D eigenvalue weighted by Crippen LogP contribution is -2.52. The van der Waals surface area contributed by atoms with Crippen LogP contribution in [0.3, 0.4) is 0 Å². The fraction of sp³-hybridized carbons (Fsp3) is 0.500. The summed E-state index contributed by atoms with van der Waals surface area (Å²) < 4.78 is 0. The lowest BCUT2D eigenvalue weighted by molar-refractivity contribution is -0.141.